The molecule has 38 heavy (non-hydrogen) atoms. The molecule has 9 nitrogen and oxygen atoms in total. The number of carbonyl (C=O) groups excluding carboxylic acids is 3. The van der Waals surface area contributed by atoms with Crippen LogP contribution in [0.15, 0.2) is 46.2 Å². The highest BCUT2D eigenvalue weighted by molar-refractivity contribution is 6.14. The molecule has 0 bridgehead atoms. The molecule has 1 aliphatic carbocycles. The zero-order valence-corrected chi connectivity index (χ0v) is 21.4. The third kappa shape index (κ3) is 4.27. The van der Waals surface area contributed by atoms with Crippen molar-refractivity contribution in [1.82, 2.24) is 10.2 Å². The van der Waals surface area contributed by atoms with E-state index in [0.717, 1.165) is 17.0 Å². The lowest BCUT2D eigenvalue weighted by atomic mass is 9.72. The Morgan fingerprint density at radius 3 is 2.21 bits per heavy atom. The summed E-state index contributed by atoms with van der Waals surface area (Å²) in [6.45, 7) is 3.12. The van der Waals surface area contributed by atoms with Crippen LogP contribution in [0, 0.1) is 5.41 Å². The number of alkyl halides is 3. The van der Waals surface area contributed by atoms with Gasteiger partial charge in [0.25, 0.3) is 11.8 Å². The first-order valence-corrected chi connectivity index (χ1v) is 11.6. The monoisotopic (exact) mass is 536 g/mol. The largest absolute Gasteiger partial charge is 0.493 e. The second-order valence-electron chi connectivity index (χ2n) is 9.85. The average Bonchev–Trinajstić information content (AvgIpc) is 3.43. The second-order valence-corrected chi connectivity index (χ2v) is 9.85. The van der Waals surface area contributed by atoms with Crippen LogP contribution in [-0.4, -0.2) is 55.5 Å². The van der Waals surface area contributed by atoms with Crippen LogP contribution < -0.4 is 19.5 Å². The quantitative estimate of drug-likeness (QED) is 0.570. The zero-order chi connectivity index (χ0) is 28.0. The molecule has 0 fully saturated rings. The summed E-state index contributed by atoms with van der Waals surface area (Å²) >= 11 is 0. The summed E-state index contributed by atoms with van der Waals surface area (Å²) in [5, 5.41) is 1.89. The number of allylic oxidation sites excluding steroid dienone is 1. The number of furan rings is 1. The molecule has 0 radical (unpaired) electrons. The Morgan fingerprint density at radius 2 is 1.71 bits per heavy atom. The molecule has 0 saturated heterocycles. The summed E-state index contributed by atoms with van der Waals surface area (Å²) in [7, 11) is 3.89. The number of methoxy groups -OCH3 is 3. The molecule has 1 N–H and O–H groups in total. The minimum absolute atomic E-state index is 0.0123. The lowest BCUT2D eigenvalue weighted by molar-refractivity contribution is -0.191. The molecule has 0 spiro atoms. The molecule has 12 heteroatoms. The molecular formula is C26H27F3N2O7. The van der Waals surface area contributed by atoms with Crippen LogP contribution in [0.5, 0.6) is 17.2 Å². The van der Waals surface area contributed by atoms with E-state index in [1.165, 1.54) is 39.7 Å². The predicted octanol–water partition coefficient (Wildman–Crippen LogP) is 4.02. The number of benzene rings is 1. The normalized spacial score (nSPS) is 20.9. The van der Waals surface area contributed by atoms with E-state index in [0.29, 0.717) is 0 Å². The Hall–Kier alpha value is -3.96. The van der Waals surface area contributed by atoms with Gasteiger partial charge in [-0.25, -0.2) is 0 Å². The van der Waals surface area contributed by atoms with E-state index in [9.17, 15) is 27.6 Å². The maximum Gasteiger partial charge on any atom is 0.425 e. The van der Waals surface area contributed by atoms with Gasteiger partial charge in [-0.1, -0.05) is 13.8 Å². The lowest BCUT2D eigenvalue weighted by Gasteiger charge is -2.35. The third-order valence-corrected chi connectivity index (χ3v) is 6.67. The molecule has 1 aliphatic heterocycles. The molecule has 4 rings (SSSR count). The van der Waals surface area contributed by atoms with E-state index < -0.39 is 40.3 Å². The fraction of sp³-hybridized carbons (Fsp3) is 0.423. The summed E-state index contributed by atoms with van der Waals surface area (Å²) in [5.74, 6) is -3.24. The maximum absolute atomic E-state index is 15.0. The number of amides is 2. The lowest BCUT2D eigenvalue weighted by Crippen LogP contribution is -2.66. The number of hydrogen-bond donors (Lipinski definition) is 1. The van der Waals surface area contributed by atoms with Crippen LogP contribution in [0.25, 0.3) is 0 Å². The minimum atomic E-state index is -5.35. The first-order chi connectivity index (χ1) is 17.8. The summed E-state index contributed by atoms with van der Waals surface area (Å²) < 4.78 is 65.9. The number of rotatable bonds is 7. The number of nitrogens with zero attached hydrogens (tertiary/aromatic N) is 1. The number of hydrogen-bond acceptors (Lipinski definition) is 7. The second kappa shape index (κ2) is 9.41. The van der Waals surface area contributed by atoms with Crippen molar-refractivity contribution in [3.63, 3.8) is 0 Å². The van der Waals surface area contributed by atoms with Crippen LogP contribution in [-0.2, 0) is 16.1 Å². The number of nitrogens with one attached hydrogen (secondary N) is 1. The van der Waals surface area contributed by atoms with E-state index >= 15 is 0 Å². The van der Waals surface area contributed by atoms with E-state index in [2.05, 4.69) is 0 Å². The molecule has 0 saturated carbocycles. The molecule has 2 aliphatic rings. The molecule has 1 unspecified atom stereocenters. The molecule has 1 aromatic heterocycles. The van der Waals surface area contributed by atoms with Crippen molar-refractivity contribution in [3.05, 3.63) is 53.1 Å². The Morgan fingerprint density at radius 1 is 1.08 bits per heavy atom. The smallest absolute Gasteiger partial charge is 0.425 e. The number of carbonyl (C=O) groups is 3. The Balaban J connectivity index is 1.87. The fourth-order valence-electron chi connectivity index (χ4n) is 5.01. The van der Waals surface area contributed by atoms with Crippen molar-refractivity contribution in [2.45, 2.75) is 44.9 Å². The molecule has 2 heterocycles. The summed E-state index contributed by atoms with van der Waals surface area (Å²) in [5.41, 5.74) is -5.47. The Labute approximate surface area is 216 Å². The van der Waals surface area contributed by atoms with Crippen LogP contribution in [0.4, 0.5) is 13.2 Å². The number of ether oxygens (including phenoxy) is 3. The van der Waals surface area contributed by atoms with Crippen molar-refractivity contribution in [2.75, 3.05) is 21.3 Å². The summed E-state index contributed by atoms with van der Waals surface area (Å²) in [4.78, 5) is 41.3. The van der Waals surface area contributed by atoms with Crippen molar-refractivity contribution in [3.8, 4) is 17.2 Å². The van der Waals surface area contributed by atoms with E-state index in [1.54, 1.807) is 13.8 Å². The minimum Gasteiger partial charge on any atom is -0.493 e. The fourth-order valence-corrected chi connectivity index (χ4v) is 5.01. The van der Waals surface area contributed by atoms with Crippen molar-refractivity contribution < 1.29 is 46.2 Å². The van der Waals surface area contributed by atoms with Crippen LogP contribution in [0.1, 0.15) is 42.8 Å². The van der Waals surface area contributed by atoms with E-state index in [-0.39, 0.29) is 53.7 Å². The van der Waals surface area contributed by atoms with Crippen molar-refractivity contribution in [1.29, 1.82) is 0 Å². The van der Waals surface area contributed by atoms with Gasteiger partial charge in [0.2, 0.25) is 11.3 Å². The van der Waals surface area contributed by atoms with Gasteiger partial charge in [0.1, 0.15) is 5.76 Å². The molecule has 2 aromatic rings. The number of halogens is 3. The van der Waals surface area contributed by atoms with Gasteiger partial charge >= 0.3 is 6.18 Å². The highest BCUT2D eigenvalue weighted by Gasteiger charge is 2.71. The van der Waals surface area contributed by atoms with Gasteiger partial charge in [-0.3, -0.25) is 14.4 Å². The topological polar surface area (TPSA) is 107 Å². The van der Waals surface area contributed by atoms with Gasteiger partial charge < -0.3 is 28.8 Å². The maximum atomic E-state index is 15.0. The van der Waals surface area contributed by atoms with Gasteiger partial charge in [-0.05, 0) is 36.1 Å². The van der Waals surface area contributed by atoms with Crippen LogP contribution in [0.3, 0.4) is 0 Å². The van der Waals surface area contributed by atoms with E-state index in [4.69, 9.17) is 18.6 Å². The Bertz CT molecular complexity index is 1290. The third-order valence-electron chi connectivity index (χ3n) is 6.67. The zero-order valence-electron chi connectivity index (χ0n) is 21.4. The van der Waals surface area contributed by atoms with Crippen LogP contribution in [0.2, 0.25) is 0 Å². The summed E-state index contributed by atoms with van der Waals surface area (Å²) in [6.07, 6.45) is -4.25. The molecule has 204 valence electrons. The van der Waals surface area contributed by atoms with Crippen molar-refractivity contribution >= 4 is 17.6 Å². The Kier molecular flexibility index (Phi) is 6.71. The standard InChI is InChI=1S/C26H27F3N2O7/c1-24(2)11-16-20(17(32)12-24)25(26(27,28)29,23(34)31(16)13-15-7-6-8-38-15)30-22(33)14-9-18(35-3)21(37-5)19(10-14)36-4/h6-10H,11-13H2,1-5H3,(H,30,33). The molecule has 1 aromatic carbocycles. The van der Waals surface area contributed by atoms with Gasteiger partial charge in [0.05, 0.1) is 39.7 Å². The van der Waals surface area contributed by atoms with Gasteiger partial charge in [-0.2, -0.15) is 13.2 Å². The summed E-state index contributed by atoms with van der Waals surface area (Å²) in [6, 6.07) is 5.35. The van der Waals surface area contributed by atoms with Gasteiger partial charge in [0.15, 0.2) is 17.3 Å². The highest BCUT2D eigenvalue weighted by atomic mass is 19.4. The molecule has 1 atom stereocenters. The average molecular weight is 537 g/mol. The van der Waals surface area contributed by atoms with Crippen molar-refractivity contribution in [2.24, 2.45) is 5.41 Å². The highest BCUT2D eigenvalue weighted by Crippen LogP contribution is 2.52. The number of Topliss-reactive ketones (excluding diaryl/α,β-unsaturated/α-hetero) is 1. The van der Waals surface area contributed by atoms with Gasteiger partial charge in [-0.15, -0.1) is 0 Å². The predicted molar refractivity (Wildman–Crippen MR) is 127 cm³/mol. The molecular weight excluding hydrogens is 509 g/mol. The number of ketones is 1. The first-order valence-electron chi connectivity index (χ1n) is 11.6. The SMILES string of the molecule is COc1cc(C(=O)NC2(C(F)(F)F)C(=O)N(Cc3ccco3)C3=C2C(=O)CC(C)(C)C3)cc(OC)c1OC. The van der Waals surface area contributed by atoms with E-state index in [1.807, 2.05) is 5.32 Å². The van der Waals surface area contributed by atoms with Gasteiger partial charge in [0, 0.05) is 17.7 Å². The molecule has 2 amide bonds. The first kappa shape index (κ1) is 27.1. The van der Waals surface area contributed by atoms with Crippen LogP contribution >= 0.6 is 0 Å².